The Morgan fingerprint density at radius 1 is 1.50 bits per heavy atom. The summed E-state index contributed by atoms with van der Waals surface area (Å²) in [6, 6.07) is 3.30. The van der Waals surface area contributed by atoms with Gasteiger partial charge in [0.15, 0.2) is 0 Å². The van der Waals surface area contributed by atoms with Crippen LogP contribution < -0.4 is 0 Å². The highest BCUT2D eigenvalue weighted by Gasteiger charge is 2.13. The van der Waals surface area contributed by atoms with Crippen molar-refractivity contribution in [1.82, 2.24) is 0 Å². The monoisotopic (exact) mass is 215 g/mol. The van der Waals surface area contributed by atoms with Crippen LogP contribution in [0.1, 0.15) is 5.56 Å². The molecule has 0 saturated heterocycles. The van der Waals surface area contributed by atoms with Crippen molar-refractivity contribution in [3.63, 3.8) is 0 Å². The van der Waals surface area contributed by atoms with Gasteiger partial charge in [-0.1, -0.05) is 6.07 Å². The van der Waals surface area contributed by atoms with Gasteiger partial charge in [-0.15, -0.1) is 0 Å². The highest BCUT2D eigenvalue weighted by Crippen LogP contribution is 2.16. The zero-order chi connectivity index (χ0) is 10.8. The fourth-order valence-corrected chi connectivity index (χ4v) is 1.51. The van der Waals surface area contributed by atoms with E-state index in [1.54, 1.807) is 0 Å². The van der Waals surface area contributed by atoms with Gasteiger partial charge in [0.25, 0.3) is 10.0 Å². The van der Waals surface area contributed by atoms with Crippen molar-refractivity contribution in [2.45, 2.75) is 11.8 Å². The number of rotatable bonds is 2. The van der Waals surface area contributed by atoms with Gasteiger partial charge in [-0.2, -0.15) is 0 Å². The van der Waals surface area contributed by atoms with Crippen LogP contribution in [0.25, 0.3) is 10.4 Å². The fraction of sp³-hybridized carbons (Fsp3) is 0.143. The molecular formula is C7H6FN3O2S. The van der Waals surface area contributed by atoms with Gasteiger partial charge < -0.3 is 0 Å². The Balaban J connectivity index is 3.35. The number of benzene rings is 1. The zero-order valence-electron chi connectivity index (χ0n) is 7.18. The van der Waals surface area contributed by atoms with Crippen LogP contribution in [0.5, 0.6) is 0 Å². The Hall–Kier alpha value is -1.59. The van der Waals surface area contributed by atoms with E-state index in [4.69, 9.17) is 5.53 Å². The van der Waals surface area contributed by atoms with Crippen molar-refractivity contribution >= 4 is 10.0 Å². The third kappa shape index (κ3) is 2.01. The topological polar surface area (TPSA) is 82.9 Å². The third-order valence-corrected chi connectivity index (χ3v) is 2.72. The first kappa shape index (κ1) is 10.5. The molecule has 5 nitrogen and oxygen atoms in total. The van der Waals surface area contributed by atoms with Gasteiger partial charge in [0, 0.05) is 9.43 Å². The Morgan fingerprint density at radius 3 is 2.64 bits per heavy atom. The molecule has 0 aliphatic carbocycles. The van der Waals surface area contributed by atoms with Gasteiger partial charge in [0.1, 0.15) is 5.82 Å². The maximum Gasteiger partial charge on any atom is 0.264 e. The predicted molar refractivity (Wildman–Crippen MR) is 47.5 cm³/mol. The van der Waals surface area contributed by atoms with Crippen LogP contribution in [0.4, 0.5) is 4.39 Å². The van der Waals surface area contributed by atoms with Gasteiger partial charge in [-0.05, 0) is 30.2 Å². The highest BCUT2D eigenvalue weighted by molar-refractivity contribution is 7.90. The number of hydrogen-bond donors (Lipinski definition) is 0. The lowest BCUT2D eigenvalue weighted by Crippen LogP contribution is -1.96. The number of nitrogens with zero attached hydrogens (tertiary/aromatic N) is 3. The van der Waals surface area contributed by atoms with Crippen LogP contribution >= 0.6 is 0 Å². The SMILES string of the molecule is Cc1ccc(S(=O)(=O)N=[N+]=[N-])cc1F. The summed E-state index contributed by atoms with van der Waals surface area (Å²) in [5.41, 5.74) is 8.30. The number of azide groups is 1. The van der Waals surface area contributed by atoms with E-state index in [0.717, 1.165) is 6.07 Å². The highest BCUT2D eigenvalue weighted by atomic mass is 32.2. The van der Waals surface area contributed by atoms with Crippen molar-refractivity contribution in [1.29, 1.82) is 0 Å². The lowest BCUT2D eigenvalue weighted by atomic mass is 10.2. The summed E-state index contributed by atoms with van der Waals surface area (Å²) in [6.07, 6.45) is 0. The number of hydrogen-bond acceptors (Lipinski definition) is 2. The van der Waals surface area contributed by atoms with E-state index in [-0.39, 0.29) is 4.90 Å². The van der Waals surface area contributed by atoms with Crippen molar-refractivity contribution in [3.8, 4) is 0 Å². The smallest absolute Gasteiger partial charge is 0.216 e. The van der Waals surface area contributed by atoms with Crippen LogP contribution in [0.15, 0.2) is 27.6 Å². The Kier molecular flexibility index (Phi) is 2.73. The summed E-state index contributed by atoms with van der Waals surface area (Å²) in [7, 11) is -4.08. The molecular weight excluding hydrogens is 209 g/mol. The zero-order valence-corrected chi connectivity index (χ0v) is 7.99. The van der Waals surface area contributed by atoms with E-state index < -0.39 is 15.8 Å². The molecule has 74 valence electrons. The molecule has 0 bridgehead atoms. The molecule has 7 heteroatoms. The van der Waals surface area contributed by atoms with E-state index in [1.807, 2.05) is 0 Å². The van der Waals surface area contributed by atoms with Crippen molar-refractivity contribution in [2.75, 3.05) is 0 Å². The number of aryl methyl sites for hydroxylation is 1. The molecule has 0 radical (unpaired) electrons. The van der Waals surface area contributed by atoms with Gasteiger partial charge >= 0.3 is 0 Å². The van der Waals surface area contributed by atoms with Crippen LogP contribution in [0.2, 0.25) is 0 Å². The van der Waals surface area contributed by atoms with Crippen LogP contribution in [0, 0.1) is 12.7 Å². The maximum absolute atomic E-state index is 13.0. The van der Waals surface area contributed by atoms with Crippen molar-refractivity contribution in [3.05, 3.63) is 40.0 Å². The second-order valence-electron chi connectivity index (χ2n) is 2.56. The summed E-state index contributed by atoms with van der Waals surface area (Å²) in [5.74, 6) is -0.654. The van der Waals surface area contributed by atoms with E-state index >= 15 is 0 Å². The van der Waals surface area contributed by atoms with E-state index in [2.05, 4.69) is 9.43 Å². The normalized spacial score (nSPS) is 10.7. The van der Waals surface area contributed by atoms with Crippen LogP contribution in [-0.2, 0) is 10.0 Å². The molecule has 0 atom stereocenters. The molecule has 1 rings (SSSR count). The summed E-state index contributed by atoms with van der Waals surface area (Å²) in [5, 5.41) is 0. The van der Waals surface area contributed by atoms with E-state index in [9.17, 15) is 12.8 Å². The molecule has 0 N–H and O–H groups in total. The van der Waals surface area contributed by atoms with Gasteiger partial charge in [-0.3, -0.25) is 0 Å². The van der Waals surface area contributed by atoms with Gasteiger partial charge in [0.2, 0.25) is 0 Å². The molecule has 0 spiro atoms. The van der Waals surface area contributed by atoms with Gasteiger partial charge in [0.05, 0.1) is 4.90 Å². The molecule has 0 heterocycles. The molecule has 0 aromatic heterocycles. The van der Waals surface area contributed by atoms with Crippen molar-refractivity contribution in [2.24, 2.45) is 4.52 Å². The van der Waals surface area contributed by atoms with Gasteiger partial charge in [-0.25, -0.2) is 12.8 Å². The first-order valence-electron chi connectivity index (χ1n) is 3.55. The van der Waals surface area contributed by atoms with Crippen LogP contribution in [-0.4, -0.2) is 8.42 Å². The summed E-state index contributed by atoms with van der Waals surface area (Å²) in [6.45, 7) is 1.50. The molecule has 0 aliphatic rings. The molecule has 14 heavy (non-hydrogen) atoms. The molecule has 0 aliphatic heterocycles. The minimum atomic E-state index is -4.08. The maximum atomic E-state index is 13.0. The minimum Gasteiger partial charge on any atom is -0.216 e. The summed E-state index contributed by atoms with van der Waals surface area (Å²) >= 11 is 0. The number of halogens is 1. The van der Waals surface area contributed by atoms with E-state index in [1.165, 1.54) is 19.1 Å². The Morgan fingerprint density at radius 2 is 2.14 bits per heavy atom. The first-order chi connectivity index (χ1) is 6.47. The molecule has 0 unspecified atom stereocenters. The predicted octanol–water partition coefficient (Wildman–Crippen LogP) is 2.13. The lowest BCUT2D eigenvalue weighted by Gasteiger charge is -1.99. The Bertz CT molecular complexity index is 506. The fourth-order valence-electron chi connectivity index (χ4n) is 0.829. The summed E-state index contributed by atoms with van der Waals surface area (Å²) < 4.78 is 37.8. The Labute approximate surface area is 79.9 Å². The average molecular weight is 215 g/mol. The van der Waals surface area contributed by atoms with Crippen LogP contribution in [0.3, 0.4) is 0 Å². The second kappa shape index (κ2) is 3.65. The molecule has 1 aromatic rings. The average Bonchev–Trinajstić information content (AvgIpc) is 2.09. The molecule has 0 saturated carbocycles. The van der Waals surface area contributed by atoms with Crippen molar-refractivity contribution < 1.29 is 12.8 Å². The first-order valence-corrected chi connectivity index (χ1v) is 4.99. The standard InChI is InChI=1S/C7H6FN3O2S/c1-5-2-3-6(4-7(5)8)14(12,13)11-10-9/h2-4H,1H3. The third-order valence-electron chi connectivity index (χ3n) is 1.59. The largest absolute Gasteiger partial charge is 0.264 e. The molecule has 0 fully saturated rings. The molecule has 0 amide bonds. The summed E-state index contributed by atoms with van der Waals surface area (Å²) in [4.78, 5) is 1.80. The second-order valence-corrected chi connectivity index (χ2v) is 4.14. The minimum absolute atomic E-state index is 0.324. The number of sulfonamides is 1. The van der Waals surface area contributed by atoms with E-state index in [0.29, 0.717) is 5.56 Å². The lowest BCUT2D eigenvalue weighted by molar-refractivity contribution is 0.590. The molecule has 1 aromatic carbocycles. The quantitative estimate of drug-likeness (QED) is 0.430.